The zero-order valence-corrected chi connectivity index (χ0v) is 29.0. The van der Waals surface area contributed by atoms with E-state index in [1.807, 2.05) is 71.6 Å². The fourth-order valence-corrected chi connectivity index (χ4v) is 7.50. The zero-order chi connectivity index (χ0) is 35.6. The monoisotopic (exact) mass is 730 g/mol. The predicted octanol–water partition coefficient (Wildman–Crippen LogP) is 5.23. The van der Waals surface area contributed by atoms with Crippen molar-refractivity contribution in [1.29, 1.82) is 0 Å². The van der Waals surface area contributed by atoms with Crippen LogP contribution in [0.1, 0.15) is 12.8 Å². The van der Waals surface area contributed by atoms with Crippen molar-refractivity contribution in [2.75, 3.05) is 55.8 Å². The van der Waals surface area contributed by atoms with Crippen molar-refractivity contribution in [3.05, 3.63) is 82.8 Å². The van der Waals surface area contributed by atoms with E-state index in [-0.39, 0.29) is 44.2 Å². The number of carbonyl (C=O) groups is 3. The van der Waals surface area contributed by atoms with E-state index in [4.69, 9.17) is 32.7 Å². The summed E-state index contributed by atoms with van der Waals surface area (Å²) >= 11 is 14.2. The molecule has 0 unspecified atom stereocenters. The molecule has 0 spiro atoms. The van der Waals surface area contributed by atoms with Gasteiger partial charge >= 0.3 is 5.97 Å². The first kappa shape index (κ1) is 34.8. The Hall–Kier alpha value is -4.65. The molecule has 2 atom stereocenters. The van der Waals surface area contributed by atoms with E-state index in [2.05, 4.69) is 10.6 Å². The van der Waals surface area contributed by atoms with Gasteiger partial charge in [0.05, 0.1) is 28.0 Å². The Morgan fingerprint density at radius 3 is 1.92 bits per heavy atom. The Balaban J connectivity index is 1.15. The number of carboxylic acids is 1. The highest BCUT2D eigenvalue weighted by Crippen LogP contribution is 2.45. The van der Waals surface area contributed by atoms with E-state index < -0.39 is 18.6 Å². The Bertz CT molecular complexity index is 2000. The van der Waals surface area contributed by atoms with Crippen LogP contribution in [0.4, 0.5) is 11.4 Å². The first-order valence-electron chi connectivity index (χ1n) is 16.8. The van der Waals surface area contributed by atoms with E-state index in [0.29, 0.717) is 33.8 Å². The van der Waals surface area contributed by atoms with E-state index in [0.717, 1.165) is 58.5 Å². The number of carboxylic acid groups (broad SMARTS) is 1. The average molecular weight is 732 g/mol. The van der Waals surface area contributed by atoms with Gasteiger partial charge < -0.3 is 40.1 Å². The van der Waals surface area contributed by atoms with Gasteiger partial charge in [0.1, 0.15) is 17.5 Å². The molecule has 2 amide bonds. The van der Waals surface area contributed by atoms with E-state index >= 15 is 0 Å². The molecule has 51 heavy (non-hydrogen) atoms. The van der Waals surface area contributed by atoms with Gasteiger partial charge in [0.15, 0.2) is 13.2 Å². The summed E-state index contributed by atoms with van der Waals surface area (Å²) < 4.78 is 11.7. The summed E-state index contributed by atoms with van der Waals surface area (Å²) in [5.74, 6) is -0.376. The third-order valence-electron chi connectivity index (χ3n) is 9.49. The van der Waals surface area contributed by atoms with Gasteiger partial charge in [0, 0.05) is 47.9 Å². The molecular formula is C38H36Cl2N4O7. The van der Waals surface area contributed by atoms with Crippen molar-refractivity contribution in [3.8, 4) is 44.9 Å². The summed E-state index contributed by atoms with van der Waals surface area (Å²) in [6.07, 6.45) is 2.14. The quantitative estimate of drug-likeness (QED) is 0.163. The van der Waals surface area contributed by atoms with Crippen LogP contribution in [0.5, 0.6) is 11.5 Å². The van der Waals surface area contributed by atoms with Crippen molar-refractivity contribution in [2.24, 2.45) is 0 Å². The molecule has 0 aromatic heterocycles. The van der Waals surface area contributed by atoms with Gasteiger partial charge in [-0.25, -0.2) is 0 Å². The molecule has 264 valence electrons. The topological polar surface area (TPSA) is 141 Å². The molecule has 3 aliphatic heterocycles. The number of hydrogen-bond donors (Lipinski definition) is 4. The van der Waals surface area contributed by atoms with Gasteiger partial charge in [-0.15, -0.1) is 0 Å². The number of benzene rings is 4. The van der Waals surface area contributed by atoms with Crippen molar-refractivity contribution in [3.63, 3.8) is 0 Å². The van der Waals surface area contributed by atoms with Crippen molar-refractivity contribution >= 4 is 52.4 Å². The van der Waals surface area contributed by atoms with Gasteiger partial charge in [0.25, 0.3) is 11.8 Å². The fourth-order valence-electron chi connectivity index (χ4n) is 6.83. The Morgan fingerprint density at radius 1 is 0.843 bits per heavy atom. The maximum absolute atomic E-state index is 12.8. The van der Waals surface area contributed by atoms with Crippen LogP contribution < -0.4 is 29.9 Å². The van der Waals surface area contributed by atoms with E-state index in [1.165, 1.54) is 4.90 Å². The number of halogens is 2. The number of aliphatic hydroxyl groups excluding tert-OH is 1. The molecule has 1 fully saturated rings. The molecule has 3 heterocycles. The van der Waals surface area contributed by atoms with Crippen LogP contribution in [0.2, 0.25) is 10.0 Å². The molecule has 4 aromatic carbocycles. The second-order valence-electron chi connectivity index (χ2n) is 12.6. The van der Waals surface area contributed by atoms with E-state index in [9.17, 15) is 24.6 Å². The number of nitrogens with zero attached hydrogens (tertiary/aromatic N) is 2. The SMILES string of the molecule is O=C(O)[C@H](CO)NCCN1C(=O)COc2cc(-c3cccc(-c4cccc(-c5ccc6c(c5)OCC(=O)N6C[C@@H]5CCCN5)c4Cl)c3Cl)ccc21. The van der Waals surface area contributed by atoms with Crippen LogP contribution in [0, 0.1) is 0 Å². The number of amides is 2. The van der Waals surface area contributed by atoms with Crippen LogP contribution in [0.15, 0.2) is 72.8 Å². The first-order chi connectivity index (χ1) is 24.7. The van der Waals surface area contributed by atoms with Crippen molar-refractivity contribution in [1.82, 2.24) is 10.6 Å². The van der Waals surface area contributed by atoms with Crippen molar-refractivity contribution < 1.29 is 34.1 Å². The highest BCUT2D eigenvalue weighted by Gasteiger charge is 2.30. The lowest BCUT2D eigenvalue weighted by Gasteiger charge is -2.31. The molecule has 13 heteroatoms. The summed E-state index contributed by atoms with van der Waals surface area (Å²) in [4.78, 5) is 40.1. The molecule has 4 N–H and O–H groups in total. The number of aliphatic carboxylic acids is 1. The molecule has 11 nitrogen and oxygen atoms in total. The fraction of sp³-hybridized carbons (Fsp3) is 0.289. The van der Waals surface area contributed by atoms with Crippen LogP contribution in [0.25, 0.3) is 33.4 Å². The molecular weight excluding hydrogens is 695 g/mol. The Kier molecular flexibility index (Phi) is 10.2. The lowest BCUT2D eigenvalue weighted by molar-refractivity contribution is -0.140. The minimum Gasteiger partial charge on any atom is -0.482 e. The number of anilines is 2. The standard InChI is InChI=1S/C38H36Cl2N4O7/c39-36-25(22-9-11-30-32(16-22)50-20-34(46)43(30)15-14-42-29(19-45)38(48)49)5-1-7-27(36)28-8-2-6-26(37(28)40)23-10-12-31-33(17-23)51-21-35(47)44(31)18-24-4-3-13-41-24/h1-2,5-12,16-17,24,29,41-42,45H,3-4,13-15,18-21H2,(H,48,49)/t24-,29-/m0/s1. The summed E-state index contributed by atoms with van der Waals surface area (Å²) in [6, 6.07) is 21.9. The van der Waals surface area contributed by atoms with Crippen LogP contribution >= 0.6 is 23.2 Å². The molecule has 0 bridgehead atoms. The number of aliphatic hydroxyl groups is 1. The third kappa shape index (κ3) is 7.00. The number of fused-ring (bicyclic) bond motifs is 2. The average Bonchev–Trinajstić information content (AvgIpc) is 3.65. The highest BCUT2D eigenvalue weighted by atomic mass is 35.5. The smallest absolute Gasteiger partial charge is 0.323 e. The second kappa shape index (κ2) is 14.9. The summed E-state index contributed by atoms with van der Waals surface area (Å²) in [7, 11) is 0. The molecule has 3 aliphatic rings. The summed E-state index contributed by atoms with van der Waals surface area (Å²) in [6.45, 7) is 1.16. The van der Waals surface area contributed by atoms with Gasteiger partial charge in [0.2, 0.25) is 0 Å². The number of rotatable bonds is 11. The minimum atomic E-state index is -1.17. The van der Waals surface area contributed by atoms with E-state index in [1.54, 1.807) is 6.07 Å². The van der Waals surface area contributed by atoms with Gasteiger partial charge in [-0.05, 0) is 54.8 Å². The van der Waals surface area contributed by atoms with Crippen molar-refractivity contribution in [2.45, 2.75) is 24.9 Å². The zero-order valence-electron chi connectivity index (χ0n) is 27.5. The molecule has 0 saturated carbocycles. The van der Waals surface area contributed by atoms with Crippen LogP contribution in [-0.4, -0.2) is 86.1 Å². The summed E-state index contributed by atoms with van der Waals surface area (Å²) in [5.41, 5.74) is 5.91. The first-order valence-corrected chi connectivity index (χ1v) is 17.5. The maximum atomic E-state index is 12.8. The Labute approximate surface area is 304 Å². The molecule has 0 radical (unpaired) electrons. The predicted molar refractivity (Wildman–Crippen MR) is 196 cm³/mol. The van der Waals surface area contributed by atoms with Crippen LogP contribution in [0.3, 0.4) is 0 Å². The third-order valence-corrected chi connectivity index (χ3v) is 10.3. The second-order valence-corrected chi connectivity index (χ2v) is 13.4. The minimum absolute atomic E-state index is 0.0174. The molecule has 1 saturated heterocycles. The summed E-state index contributed by atoms with van der Waals surface area (Å²) in [5, 5.41) is 25.7. The number of hydrogen-bond acceptors (Lipinski definition) is 8. The Morgan fingerprint density at radius 2 is 1.39 bits per heavy atom. The lowest BCUT2D eigenvalue weighted by Crippen LogP contribution is -2.46. The van der Waals surface area contributed by atoms with Crippen LogP contribution in [-0.2, 0) is 14.4 Å². The number of ether oxygens (including phenoxy) is 2. The lowest BCUT2D eigenvalue weighted by atomic mass is 9.95. The normalized spacial score (nSPS) is 17.4. The molecule has 0 aliphatic carbocycles. The highest BCUT2D eigenvalue weighted by molar-refractivity contribution is 6.39. The largest absolute Gasteiger partial charge is 0.482 e. The van der Waals surface area contributed by atoms with Gasteiger partial charge in [-0.3, -0.25) is 14.4 Å². The number of carbonyl (C=O) groups excluding carboxylic acids is 2. The van der Waals surface area contributed by atoms with Gasteiger partial charge in [-0.2, -0.15) is 0 Å². The molecule has 4 aromatic rings. The molecule has 7 rings (SSSR count). The maximum Gasteiger partial charge on any atom is 0.323 e. The van der Waals surface area contributed by atoms with Gasteiger partial charge in [-0.1, -0.05) is 71.7 Å². The number of nitrogens with one attached hydrogen (secondary N) is 2.